The Kier molecular flexibility index (Phi) is 5.94. The van der Waals surface area contributed by atoms with E-state index in [1.54, 1.807) is 7.11 Å². The lowest BCUT2D eigenvalue weighted by molar-refractivity contribution is 0.307. The maximum atomic E-state index is 8.47. The maximum absolute atomic E-state index is 8.47. The molecule has 0 aliphatic rings. The number of nitrogens with zero attached hydrogens (tertiary/aromatic N) is 2. The summed E-state index contributed by atoms with van der Waals surface area (Å²) in [6.45, 7) is 1.45. The predicted octanol–water partition coefficient (Wildman–Crippen LogP) is 2.03. The summed E-state index contributed by atoms with van der Waals surface area (Å²) in [5, 5.41) is 11.4. The maximum Gasteiger partial charge on any atom is 0.140 e. The molecule has 0 radical (unpaired) electrons. The molecule has 0 aliphatic heterocycles. The number of ether oxygens (including phenoxy) is 1. The third-order valence-corrected chi connectivity index (χ3v) is 3.05. The molecule has 1 rings (SSSR count). The molecule has 0 aromatic heterocycles. The summed E-state index contributed by atoms with van der Waals surface area (Å²) in [6.07, 6.45) is 0.531. The summed E-state index contributed by atoms with van der Waals surface area (Å²) < 4.78 is 6.33. The summed E-state index contributed by atoms with van der Waals surface area (Å²) in [4.78, 5) is 2.09. The SMILES string of the molecule is COc1ccc(Br)cc1CN(C)CC/C(N)=N/O. The fraction of sp³-hybridized carbons (Fsp3) is 0.417. The van der Waals surface area contributed by atoms with E-state index >= 15 is 0 Å². The van der Waals surface area contributed by atoms with Gasteiger partial charge in [0.25, 0.3) is 0 Å². The van der Waals surface area contributed by atoms with E-state index in [1.165, 1.54) is 0 Å². The molecule has 0 atom stereocenters. The van der Waals surface area contributed by atoms with Crippen molar-refractivity contribution in [2.45, 2.75) is 13.0 Å². The third-order valence-electron chi connectivity index (χ3n) is 2.56. The highest BCUT2D eigenvalue weighted by Crippen LogP contribution is 2.23. The van der Waals surface area contributed by atoms with E-state index in [4.69, 9.17) is 15.7 Å². The minimum Gasteiger partial charge on any atom is -0.496 e. The third kappa shape index (κ3) is 4.54. The van der Waals surface area contributed by atoms with Crippen molar-refractivity contribution in [3.8, 4) is 5.75 Å². The lowest BCUT2D eigenvalue weighted by Gasteiger charge is -2.18. The molecule has 0 unspecified atom stereocenters. The molecule has 0 heterocycles. The van der Waals surface area contributed by atoms with Crippen LogP contribution in [0.1, 0.15) is 12.0 Å². The van der Waals surface area contributed by atoms with E-state index in [-0.39, 0.29) is 5.84 Å². The van der Waals surface area contributed by atoms with Crippen molar-refractivity contribution in [1.29, 1.82) is 0 Å². The first kappa shape index (κ1) is 14.8. The van der Waals surface area contributed by atoms with Crippen molar-refractivity contribution in [3.05, 3.63) is 28.2 Å². The van der Waals surface area contributed by atoms with Crippen LogP contribution in [-0.2, 0) is 6.54 Å². The summed E-state index contributed by atoms with van der Waals surface area (Å²) in [5.74, 6) is 1.09. The van der Waals surface area contributed by atoms with Gasteiger partial charge in [0, 0.05) is 29.5 Å². The number of halogens is 1. The number of methoxy groups -OCH3 is 1. The Morgan fingerprint density at radius 2 is 2.28 bits per heavy atom. The van der Waals surface area contributed by atoms with Gasteiger partial charge in [-0.3, -0.25) is 0 Å². The Balaban J connectivity index is 2.63. The first-order chi connectivity index (χ1) is 8.56. The van der Waals surface area contributed by atoms with Gasteiger partial charge in [-0.2, -0.15) is 0 Å². The zero-order valence-corrected chi connectivity index (χ0v) is 12.1. The molecule has 0 amide bonds. The van der Waals surface area contributed by atoms with E-state index in [1.807, 2.05) is 25.2 Å². The summed E-state index contributed by atoms with van der Waals surface area (Å²) in [5.41, 5.74) is 6.53. The fourth-order valence-electron chi connectivity index (χ4n) is 1.60. The number of amidine groups is 1. The predicted molar refractivity (Wildman–Crippen MR) is 75.1 cm³/mol. The van der Waals surface area contributed by atoms with Crippen molar-refractivity contribution < 1.29 is 9.94 Å². The molecule has 1 aromatic carbocycles. The monoisotopic (exact) mass is 315 g/mol. The molecule has 0 saturated heterocycles. The first-order valence-corrected chi connectivity index (χ1v) is 6.33. The van der Waals surface area contributed by atoms with E-state index in [0.717, 1.165) is 22.3 Å². The smallest absolute Gasteiger partial charge is 0.140 e. The van der Waals surface area contributed by atoms with Gasteiger partial charge in [-0.25, -0.2) is 0 Å². The average molecular weight is 316 g/mol. The van der Waals surface area contributed by atoms with Gasteiger partial charge in [0.05, 0.1) is 7.11 Å². The molecular formula is C12H18BrN3O2. The van der Waals surface area contributed by atoms with Gasteiger partial charge >= 0.3 is 0 Å². The van der Waals surface area contributed by atoms with Crippen LogP contribution in [0.4, 0.5) is 0 Å². The number of rotatable bonds is 6. The number of hydrogen-bond acceptors (Lipinski definition) is 4. The summed E-state index contributed by atoms with van der Waals surface area (Å²) in [6, 6.07) is 5.90. The van der Waals surface area contributed by atoms with Crippen LogP contribution < -0.4 is 10.5 Å². The highest BCUT2D eigenvalue weighted by molar-refractivity contribution is 9.10. The second-order valence-electron chi connectivity index (χ2n) is 4.04. The lowest BCUT2D eigenvalue weighted by Crippen LogP contribution is -2.24. The van der Waals surface area contributed by atoms with Gasteiger partial charge in [-0.05, 0) is 25.2 Å². The van der Waals surface area contributed by atoms with Crippen LogP contribution >= 0.6 is 15.9 Å². The lowest BCUT2D eigenvalue weighted by atomic mass is 10.2. The van der Waals surface area contributed by atoms with Crippen molar-refractivity contribution in [1.82, 2.24) is 4.90 Å². The molecule has 5 nitrogen and oxygen atoms in total. The van der Waals surface area contributed by atoms with Gasteiger partial charge in [0.15, 0.2) is 0 Å². The van der Waals surface area contributed by atoms with Gasteiger partial charge in [0.1, 0.15) is 11.6 Å². The largest absolute Gasteiger partial charge is 0.496 e. The van der Waals surface area contributed by atoms with Crippen LogP contribution in [0.25, 0.3) is 0 Å². The van der Waals surface area contributed by atoms with Crippen molar-refractivity contribution in [2.75, 3.05) is 20.7 Å². The van der Waals surface area contributed by atoms with Gasteiger partial charge in [-0.1, -0.05) is 21.1 Å². The Morgan fingerprint density at radius 1 is 1.56 bits per heavy atom. The zero-order valence-electron chi connectivity index (χ0n) is 10.6. The topological polar surface area (TPSA) is 71.1 Å². The van der Waals surface area contributed by atoms with E-state index in [9.17, 15) is 0 Å². The van der Waals surface area contributed by atoms with E-state index in [2.05, 4.69) is 26.0 Å². The van der Waals surface area contributed by atoms with Crippen LogP contribution in [0.5, 0.6) is 5.75 Å². The van der Waals surface area contributed by atoms with Gasteiger partial charge in [0.2, 0.25) is 0 Å². The molecule has 0 saturated carbocycles. The van der Waals surface area contributed by atoms with Crippen LogP contribution in [0.2, 0.25) is 0 Å². The molecule has 0 bridgehead atoms. The van der Waals surface area contributed by atoms with E-state index in [0.29, 0.717) is 13.0 Å². The quantitative estimate of drug-likeness (QED) is 0.365. The zero-order chi connectivity index (χ0) is 13.5. The van der Waals surface area contributed by atoms with Crippen LogP contribution in [0, 0.1) is 0 Å². The van der Waals surface area contributed by atoms with Crippen molar-refractivity contribution in [2.24, 2.45) is 10.9 Å². The minimum atomic E-state index is 0.239. The molecule has 100 valence electrons. The normalized spacial score (nSPS) is 11.9. The van der Waals surface area contributed by atoms with Gasteiger partial charge in [-0.15, -0.1) is 0 Å². The molecule has 0 aliphatic carbocycles. The fourth-order valence-corrected chi connectivity index (χ4v) is 2.00. The first-order valence-electron chi connectivity index (χ1n) is 5.54. The molecular weight excluding hydrogens is 298 g/mol. The number of benzene rings is 1. The molecule has 6 heteroatoms. The van der Waals surface area contributed by atoms with Crippen LogP contribution in [0.15, 0.2) is 27.8 Å². The number of nitrogens with two attached hydrogens (primary N) is 1. The molecule has 0 fully saturated rings. The minimum absolute atomic E-state index is 0.239. The average Bonchev–Trinajstić information content (AvgIpc) is 2.36. The van der Waals surface area contributed by atoms with E-state index < -0.39 is 0 Å². The number of hydrogen-bond donors (Lipinski definition) is 2. The molecule has 1 aromatic rings. The van der Waals surface area contributed by atoms with Crippen molar-refractivity contribution >= 4 is 21.8 Å². The second kappa shape index (κ2) is 7.23. The Bertz CT molecular complexity index is 424. The molecule has 3 N–H and O–H groups in total. The summed E-state index contributed by atoms with van der Waals surface area (Å²) >= 11 is 3.44. The Labute approximate surface area is 115 Å². The summed E-state index contributed by atoms with van der Waals surface area (Å²) in [7, 11) is 3.63. The Hall–Kier alpha value is -1.27. The highest BCUT2D eigenvalue weighted by Gasteiger charge is 2.07. The molecule has 18 heavy (non-hydrogen) atoms. The van der Waals surface area contributed by atoms with Gasteiger partial charge < -0.3 is 20.6 Å². The molecule has 0 spiro atoms. The second-order valence-corrected chi connectivity index (χ2v) is 4.95. The highest BCUT2D eigenvalue weighted by atomic mass is 79.9. The number of oxime groups is 1. The standard InChI is InChI=1S/C12H18BrN3O2/c1-16(6-5-12(14)15-17)8-9-7-10(13)3-4-11(9)18-2/h3-4,7,17H,5-6,8H2,1-2H3,(H2,14,15). The van der Waals surface area contributed by atoms with Crippen LogP contribution in [-0.4, -0.2) is 36.6 Å². The van der Waals surface area contributed by atoms with Crippen molar-refractivity contribution in [3.63, 3.8) is 0 Å². The van der Waals surface area contributed by atoms with Crippen LogP contribution in [0.3, 0.4) is 0 Å². The Morgan fingerprint density at radius 3 is 2.89 bits per heavy atom.